The molecule has 1 N–H and O–H groups in total. The van der Waals surface area contributed by atoms with Crippen molar-refractivity contribution < 1.29 is 4.39 Å². The van der Waals surface area contributed by atoms with E-state index in [0.29, 0.717) is 6.54 Å². The minimum atomic E-state index is -0.212. The first-order valence-electron chi connectivity index (χ1n) is 5.85. The predicted octanol–water partition coefficient (Wildman–Crippen LogP) is 3.01. The Bertz CT molecular complexity index is 494. The minimum absolute atomic E-state index is 0.106. The molecular weight excluding hydrogens is 229 g/mol. The quantitative estimate of drug-likeness (QED) is 0.899. The average molecular weight is 245 g/mol. The Morgan fingerprint density at radius 3 is 2.50 bits per heavy atom. The van der Waals surface area contributed by atoms with E-state index < -0.39 is 0 Å². The molecule has 4 heteroatoms. The Balaban J connectivity index is 2.05. The van der Waals surface area contributed by atoms with Crippen molar-refractivity contribution in [2.24, 2.45) is 0 Å². The lowest BCUT2D eigenvalue weighted by atomic mass is 9.84. The van der Waals surface area contributed by atoms with Crippen LogP contribution in [0.2, 0.25) is 0 Å². The Kier molecular flexibility index (Phi) is 3.55. The molecule has 94 valence electrons. The minimum Gasteiger partial charge on any atom is -0.368 e. The third kappa shape index (κ3) is 3.03. The molecule has 0 fully saturated rings. The smallest absolute Gasteiger partial charge is 0.148 e. The van der Waals surface area contributed by atoms with Crippen LogP contribution in [0, 0.1) is 5.82 Å². The van der Waals surface area contributed by atoms with Crippen LogP contribution in [0.1, 0.15) is 19.4 Å². The van der Waals surface area contributed by atoms with Gasteiger partial charge in [-0.3, -0.25) is 0 Å². The third-order valence-corrected chi connectivity index (χ3v) is 2.91. The third-order valence-electron chi connectivity index (χ3n) is 2.91. The fraction of sp³-hybridized carbons (Fsp3) is 0.286. The van der Waals surface area contributed by atoms with Gasteiger partial charge >= 0.3 is 0 Å². The standard InChI is InChI=1S/C14H16FN3/c1-14(2,11-5-7-12(15)8-6-11)10-16-13-4-3-9-17-18-13/h3-9H,10H2,1-2H3,(H,16,18). The van der Waals surface area contributed by atoms with Crippen LogP contribution in [0.25, 0.3) is 0 Å². The van der Waals surface area contributed by atoms with Crippen molar-refractivity contribution >= 4 is 5.82 Å². The summed E-state index contributed by atoms with van der Waals surface area (Å²) in [6.07, 6.45) is 1.64. The van der Waals surface area contributed by atoms with Crippen LogP contribution in [0.4, 0.5) is 10.2 Å². The average Bonchev–Trinajstić information content (AvgIpc) is 2.38. The largest absolute Gasteiger partial charge is 0.368 e. The van der Waals surface area contributed by atoms with E-state index in [0.717, 1.165) is 11.4 Å². The molecule has 0 aliphatic heterocycles. The molecule has 0 spiro atoms. The Morgan fingerprint density at radius 2 is 1.89 bits per heavy atom. The van der Waals surface area contributed by atoms with E-state index in [1.54, 1.807) is 6.20 Å². The Morgan fingerprint density at radius 1 is 1.17 bits per heavy atom. The van der Waals surface area contributed by atoms with E-state index in [1.807, 2.05) is 24.3 Å². The molecule has 0 radical (unpaired) electrons. The van der Waals surface area contributed by atoms with Gasteiger partial charge < -0.3 is 5.32 Å². The van der Waals surface area contributed by atoms with Gasteiger partial charge in [-0.15, -0.1) is 5.10 Å². The molecule has 18 heavy (non-hydrogen) atoms. The highest BCUT2D eigenvalue weighted by atomic mass is 19.1. The SMILES string of the molecule is CC(C)(CNc1cccnn1)c1ccc(F)cc1. The number of hydrogen-bond donors (Lipinski definition) is 1. The highest BCUT2D eigenvalue weighted by Gasteiger charge is 2.20. The molecule has 0 aliphatic rings. The van der Waals surface area contributed by atoms with Gasteiger partial charge in [0.05, 0.1) is 0 Å². The highest BCUT2D eigenvalue weighted by molar-refractivity contribution is 5.34. The van der Waals surface area contributed by atoms with Crippen LogP contribution in [-0.2, 0) is 5.41 Å². The lowest BCUT2D eigenvalue weighted by Gasteiger charge is -2.25. The van der Waals surface area contributed by atoms with Gasteiger partial charge in [0.25, 0.3) is 0 Å². The van der Waals surface area contributed by atoms with Gasteiger partial charge in [-0.25, -0.2) is 4.39 Å². The lowest BCUT2D eigenvalue weighted by molar-refractivity contribution is 0.552. The maximum atomic E-state index is 12.9. The first kappa shape index (κ1) is 12.5. The number of benzene rings is 1. The fourth-order valence-electron chi connectivity index (χ4n) is 1.71. The Hall–Kier alpha value is -1.97. The molecule has 1 aromatic heterocycles. The predicted molar refractivity (Wildman–Crippen MR) is 69.9 cm³/mol. The van der Waals surface area contributed by atoms with Crippen LogP contribution in [0.15, 0.2) is 42.6 Å². The molecule has 0 atom stereocenters. The number of nitrogens with one attached hydrogen (secondary N) is 1. The van der Waals surface area contributed by atoms with Crippen molar-refractivity contribution in [1.29, 1.82) is 0 Å². The second-order valence-electron chi connectivity index (χ2n) is 4.85. The number of rotatable bonds is 4. The van der Waals surface area contributed by atoms with Gasteiger partial charge in [-0.2, -0.15) is 5.10 Å². The van der Waals surface area contributed by atoms with E-state index in [4.69, 9.17) is 0 Å². The van der Waals surface area contributed by atoms with Gasteiger partial charge in [-0.1, -0.05) is 26.0 Å². The summed E-state index contributed by atoms with van der Waals surface area (Å²) in [7, 11) is 0. The molecule has 0 unspecified atom stereocenters. The van der Waals surface area contributed by atoms with Crippen molar-refractivity contribution in [3.8, 4) is 0 Å². The summed E-state index contributed by atoms with van der Waals surface area (Å²) >= 11 is 0. The van der Waals surface area contributed by atoms with Crippen LogP contribution in [-0.4, -0.2) is 16.7 Å². The second-order valence-corrected chi connectivity index (χ2v) is 4.85. The van der Waals surface area contributed by atoms with Crippen molar-refractivity contribution in [1.82, 2.24) is 10.2 Å². The summed E-state index contributed by atoms with van der Waals surface area (Å²) in [5.74, 6) is 0.532. The zero-order chi connectivity index (χ0) is 13.0. The summed E-state index contributed by atoms with van der Waals surface area (Å²) in [6.45, 7) is 4.91. The maximum absolute atomic E-state index is 12.9. The molecule has 3 nitrogen and oxygen atoms in total. The van der Waals surface area contributed by atoms with Gasteiger partial charge in [-0.05, 0) is 29.8 Å². The molecular formula is C14H16FN3. The second kappa shape index (κ2) is 5.12. The van der Waals surface area contributed by atoms with E-state index in [9.17, 15) is 4.39 Å². The van der Waals surface area contributed by atoms with Gasteiger partial charge in [0, 0.05) is 18.2 Å². The summed E-state index contributed by atoms with van der Waals surface area (Å²) in [6, 6.07) is 10.3. The first-order valence-corrected chi connectivity index (χ1v) is 5.85. The van der Waals surface area contributed by atoms with Crippen molar-refractivity contribution in [2.45, 2.75) is 19.3 Å². The summed E-state index contributed by atoms with van der Waals surface area (Å²) in [5, 5.41) is 11.0. The lowest BCUT2D eigenvalue weighted by Crippen LogP contribution is -2.27. The van der Waals surface area contributed by atoms with Crippen LogP contribution in [0.3, 0.4) is 0 Å². The monoisotopic (exact) mass is 245 g/mol. The number of aromatic nitrogens is 2. The number of halogens is 1. The van der Waals surface area contributed by atoms with Gasteiger partial charge in [0.2, 0.25) is 0 Å². The number of hydrogen-bond acceptors (Lipinski definition) is 3. The summed E-state index contributed by atoms with van der Waals surface area (Å²) < 4.78 is 12.9. The van der Waals surface area contributed by atoms with E-state index in [2.05, 4.69) is 29.4 Å². The summed E-state index contributed by atoms with van der Waals surface area (Å²) in [5.41, 5.74) is 0.978. The molecule has 1 heterocycles. The Labute approximate surface area is 106 Å². The van der Waals surface area contributed by atoms with E-state index in [-0.39, 0.29) is 11.2 Å². The van der Waals surface area contributed by atoms with Crippen LogP contribution < -0.4 is 5.32 Å². The zero-order valence-corrected chi connectivity index (χ0v) is 10.5. The van der Waals surface area contributed by atoms with Crippen molar-refractivity contribution in [2.75, 3.05) is 11.9 Å². The molecule has 2 aromatic rings. The molecule has 0 saturated carbocycles. The van der Waals surface area contributed by atoms with E-state index >= 15 is 0 Å². The molecule has 0 aliphatic carbocycles. The van der Waals surface area contributed by atoms with E-state index in [1.165, 1.54) is 12.1 Å². The molecule has 0 bridgehead atoms. The molecule has 0 saturated heterocycles. The van der Waals surface area contributed by atoms with Crippen LogP contribution in [0.5, 0.6) is 0 Å². The van der Waals surface area contributed by atoms with Gasteiger partial charge in [0.15, 0.2) is 0 Å². The normalized spacial score (nSPS) is 11.3. The number of nitrogens with zero attached hydrogens (tertiary/aromatic N) is 2. The first-order chi connectivity index (χ1) is 8.58. The summed E-state index contributed by atoms with van der Waals surface area (Å²) in [4.78, 5) is 0. The highest BCUT2D eigenvalue weighted by Crippen LogP contribution is 2.23. The zero-order valence-electron chi connectivity index (χ0n) is 10.5. The number of anilines is 1. The van der Waals surface area contributed by atoms with Gasteiger partial charge in [0.1, 0.15) is 11.6 Å². The topological polar surface area (TPSA) is 37.8 Å². The van der Waals surface area contributed by atoms with Crippen molar-refractivity contribution in [3.05, 3.63) is 54.0 Å². The van der Waals surface area contributed by atoms with Crippen LogP contribution >= 0.6 is 0 Å². The van der Waals surface area contributed by atoms with Crippen molar-refractivity contribution in [3.63, 3.8) is 0 Å². The maximum Gasteiger partial charge on any atom is 0.148 e. The fourth-order valence-corrected chi connectivity index (χ4v) is 1.71. The molecule has 0 amide bonds. The molecule has 1 aromatic carbocycles. The molecule has 2 rings (SSSR count).